The lowest BCUT2D eigenvalue weighted by molar-refractivity contribution is -0.169. The number of likely N-dealkylation sites (tertiary alicyclic amines) is 1. The quantitative estimate of drug-likeness (QED) is 0.120. The van der Waals surface area contributed by atoms with E-state index in [1.54, 1.807) is 12.1 Å². The first-order valence-electron chi connectivity index (χ1n) is 17.5. The molecule has 4 saturated heterocycles. The van der Waals surface area contributed by atoms with Gasteiger partial charge in [-0.2, -0.15) is 0 Å². The van der Waals surface area contributed by atoms with Crippen molar-refractivity contribution in [3.05, 3.63) is 111 Å². The van der Waals surface area contributed by atoms with Gasteiger partial charge in [0.2, 0.25) is 5.56 Å². The number of rotatable bonds is 11. The smallest absolute Gasteiger partial charge is 0.316 e. The number of H-pyrrole nitrogens is 1. The van der Waals surface area contributed by atoms with Crippen molar-refractivity contribution in [2.24, 2.45) is 5.92 Å². The summed E-state index contributed by atoms with van der Waals surface area (Å²) in [6.45, 7) is 5.13. The number of ether oxygens (including phenoxy) is 1. The van der Waals surface area contributed by atoms with E-state index in [-0.39, 0.29) is 23.4 Å². The van der Waals surface area contributed by atoms with Gasteiger partial charge in [-0.25, -0.2) is 0 Å². The van der Waals surface area contributed by atoms with Gasteiger partial charge in [0.05, 0.1) is 17.0 Å². The number of esters is 1. The van der Waals surface area contributed by atoms with Crippen LogP contribution in [-0.4, -0.2) is 88.0 Å². The van der Waals surface area contributed by atoms with Crippen molar-refractivity contribution in [1.29, 1.82) is 0 Å². The summed E-state index contributed by atoms with van der Waals surface area (Å²) in [4.78, 5) is 32.8. The molecule has 49 heavy (non-hydrogen) atoms. The van der Waals surface area contributed by atoms with E-state index in [0.717, 1.165) is 55.6 Å². The maximum absolute atomic E-state index is 14.0. The molecule has 1 unspecified atom stereocenters. The largest absolute Gasteiger partial charge is 0.506 e. The third-order valence-electron chi connectivity index (χ3n) is 11.0. The Labute approximate surface area is 286 Å². The number of carbonyl (C=O) groups is 1. The van der Waals surface area contributed by atoms with Gasteiger partial charge in [0.1, 0.15) is 18.1 Å². The monoisotopic (exact) mass is 666 g/mol. The van der Waals surface area contributed by atoms with Crippen molar-refractivity contribution in [3.63, 3.8) is 0 Å². The Morgan fingerprint density at radius 3 is 2.37 bits per heavy atom. The van der Waals surface area contributed by atoms with Crippen LogP contribution in [0.5, 0.6) is 5.75 Å². The number of pyridine rings is 1. The van der Waals surface area contributed by atoms with Gasteiger partial charge in [0.25, 0.3) is 0 Å². The first-order chi connectivity index (χ1) is 23.8. The fourth-order valence-corrected chi connectivity index (χ4v) is 8.01. The number of hydrogen-bond acceptors (Lipinski definition) is 9. The van der Waals surface area contributed by atoms with E-state index >= 15 is 0 Å². The van der Waals surface area contributed by atoms with Gasteiger partial charge in [-0.3, -0.25) is 19.4 Å². The SMILES string of the molecule is O=C(O[C@H]1CN2CCC1CC2)C1(c2ccccc2)CCN(C(O)c2ccc(CCNC[C@H](O)c3ccc(O)c4[nH]c(=O)ccc34)cc2)CC1. The van der Waals surface area contributed by atoms with Crippen LogP contribution in [0, 0.1) is 5.92 Å². The molecule has 4 fully saturated rings. The summed E-state index contributed by atoms with van der Waals surface area (Å²) >= 11 is 0. The lowest BCUT2D eigenvalue weighted by Crippen LogP contribution is -2.55. The first-order valence-corrected chi connectivity index (χ1v) is 17.5. The molecule has 258 valence electrons. The van der Waals surface area contributed by atoms with Crippen molar-refractivity contribution in [1.82, 2.24) is 20.1 Å². The van der Waals surface area contributed by atoms with Crippen LogP contribution >= 0.6 is 0 Å². The van der Waals surface area contributed by atoms with Crippen LogP contribution in [-0.2, 0) is 21.4 Å². The average Bonchev–Trinajstić information content (AvgIpc) is 3.14. The van der Waals surface area contributed by atoms with E-state index in [2.05, 4.69) is 15.2 Å². The number of carbonyl (C=O) groups excluding carboxylic acids is 1. The molecule has 10 heteroatoms. The predicted molar refractivity (Wildman–Crippen MR) is 187 cm³/mol. The van der Waals surface area contributed by atoms with Gasteiger partial charge >= 0.3 is 5.97 Å². The minimum absolute atomic E-state index is 0.0365. The number of aliphatic hydroxyl groups is 2. The van der Waals surface area contributed by atoms with Gasteiger partial charge in [-0.05, 0) is 92.0 Å². The van der Waals surface area contributed by atoms with Crippen molar-refractivity contribution in [3.8, 4) is 5.75 Å². The minimum Gasteiger partial charge on any atom is -0.506 e. The number of phenolic OH excluding ortho intramolecular Hbond substituents is 1. The zero-order chi connectivity index (χ0) is 34.0. The molecule has 8 rings (SSSR count). The Hall–Kier alpha value is -4.06. The second kappa shape index (κ2) is 14.4. The summed E-state index contributed by atoms with van der Waals surface area (Å²) in [5.74, 6) is 0.296. The molecule has 0 spiro atoms. The average molecular weight is 667 g/mol. The van der Waals surface area contributed by atoms with Crippen molar-refractivity contribution in [2.75, 3.05) is 45.8 Å². The third-order valence-corrected chi connectivity index (χ3v) is 11.0. The maximum Gasteiger partial charge on any atom is 0.316 e. The number of benzene rings is 3. The number of nitrogens with zero attached hydrogens (tertiary/aromatic N) is 2. The molecule has 4 aliphatic heterocycles. The molecule has 0 saturated carbocycles. The molecule has 2 bridgehead atoms. The number of aromatic nitrogens is 1. The lowest BCUT2D eigenvalue weighted by atomic mass is 9.72. The van der Waals surface area contributed by atoms with Crippen LogP contribution in [0.25, 0.3) is 10.9 Å². The maximum atomic E-state index is 14.0. The second-order valence-corrected chi connectivity index (χ2v) is 13.9. The van der Waals surface area contributed by atoms with E-state index in [1.807, 2.05) is 59.5 Å². The molecule has 0 radical (unpaired) electrons. The van der Waals surface area contributed by atoms with Gasteiger partial charge in [-0.1, -0.05) is 60.7 Å². The molecule has 3 aromatic carbocycles. The Balaban J connectivity index is 0.926. The lowest BCUT2D eigenvalue weighted by Gasteiger charge is -2.46. The molecule has 5 N–H and O–H groups in total. The fourth-order valence-electron chi connectivity index (χ4n) is 8.01. The highest BCUT2D eigenvalue weighted by Crippen LogP contribution is 2.40. The zero-order valence-electron chi connectivity index (χ0n) is 27.8. The first kappa shape index (κ1) is 33.4. The van der Waals surface area contributed by atoms with Crippen LogP contribution < -0.4 is 10.9 Å². The number of aromatic amines is 1. The van der Waals surface area contributed by atoms with E-state index in [4.69, 9.17) is 4.74 Å². The fraction of sp³-hybridized carbons (Fsp3) is 0.436. The molecule has 0 aliphatic carbocycles. The summed E-state index contributed by atoms with van der Waals surface area (Å²) in [6, 6.07) is 24.1. The van der Waals surface area contributed by atoms with Crippen LogP contribution in [0.2, 0.25) is 0 Å². The highest BCUT2D eigenvalue weighted by atomic mass is 16.5. The zero-order valence-corrected chi connectivity index (χ0v) is 27.8. The van der Waals surface area contributed by atoms with Crippen LogP contribution in [0.4, 0.5) is 0 Å². The summed E-state index contributed by atoms with van der Waals surface area (Å²) < 4.78 is 6.32. The normalized spacial score (nSPS) is 23.3. The highest BCUT2D eigenvalue weighted by molar-refractivity contribution is 5.87. The van der Waals surface area contributed by atoms with Crippen LogP contribution in [0.15, 0.2) is 83.7 Å². The molecule has 1 aromatic heterocycles. The van der Waals surface area contributed by atoms with Crippen molar-refractivity contribution >= 4 is 16.9 Å². The molecule has 0 amide bonds. The molecule has 10 nitrogen and oxygen atoms in total. The van der Waals surface area contributed by atoms with Crippen molar-refractivity contribution in [2.45, 2.75) is 56.0 Å². The predicted octanol–water partition coefficient (Wildman–Crippen LogP) is 3.76. The Morgan fingerprint density at radius 2 is 1.67 bits per heavy atom. The standard InChI is InChI=1S/C39H46N4O6/c44-32-12-10-30(31-11-13-35(46)41-36(31)32)33(45)24-40-19-14-26-6-8-28(9-7-26)37(47)43-22-17-39(18-23-43,29-4-2-1-3-5-29)38(48)49-34-25-42-20-15-27(34)16-21-42/h1-13,27,33-34,37,40,44-45,47H,14-25H2,(H,41,46)/t33-,34-,37?/m0/s1. The molecular weight excluding hydrogens is 620 g/mol. The number of aromatic hydroxyl groups is 1. The van der Waals surface area contributed by atoms with Crippen LogP contribution in [0.3, 0.4) is 0 Å². The number of aliphatic hydroxyl groups excluding tert-OH is 2. The number of hydrogen-bond donors (Lipinski definition) is 5. The summed E-state index contributed by atoms with van der Waals surface area (Å²) in [6.07, 6.45) is 2.46. The summed E-state index contributed by atoms with van der Waals surface area (Å²) in [5, 5.41) is 36.2. The topological polar surface area (TPSA) is 138 Å². The number of nitrogens with one attached hydrogen (secondary N) is 2. The van der Waals surface area contributed by atoms with Gasteiger partial charge < -0.3 is 30.4 Å². The number of piperidine rings is 4. The van der Waals surface area contributed by atoms with Crippen LogP contribution in [0.1, 0.15) is 60.3 Å². The van der Waals surface area contributed by atoms with Gasteiger partial charge in [0, 0.05) is 37.6 Å². The molecular formula is C39H46N4O6. The second-order valence-electron chi connectivity index (χ2n) is 13.9. The van der Waals surface area contributed by atoms with E-state index in [0.29, 0.717) is 61.4 Å². The Bertz CT molecular complexity index is 1800. The molecule has 4 aromatic rings. The Morgan fingerprint density at radius 1 is 0.939 bits per heavy atom. The van der Waals surface area contributed by atoms with Gasteiger partial charge in [-0.15, -0.1) is 0 Å². The van der Waals surface area contributed by atoms with Gasteiger partial charge in [0.15, 0.2) is 0 Å². The van der Waals surface area contributed by atoms with Crippen molar-refractivity contribution < 1.29 is 24.9 Å². The molecule has 5 heterocycles. The highest BCUT2D eigenvalue weighted by Gasteiger charge is 2.47. The number of fused-ring (bicyclic) bond motifs is 4. The van der Waals surface area contributed by atoms with E-state index in [9.17, 15) is 24.9 Å². The van der Waals surface area contributed by atoms with E-state index in [1.165, 1.54) is 12.1 Å². The molecule has 3 atom stereocenters. The summed E-state index contributed by atoms with van der Waals surface area (Å²) in [5.41, 5.74) is 2.81. The molecule has 4 aliphatic rings. The van der Waals surface area contributed by atoms with E-state index < -0.39 is 17.7 Å². The number of phenols is 1. The minimum atomic E-state index is -0.820. The third kappa shape index (κ3) is 7.02. The summed E-state index contributed by atoms with van der Waals surface area (Å²) in [7, 11) is 0. The Kier molecular flexibility index (Phi) is 9.84.